The van der Waals surface area contributed by atoms with Crippen molar-refractivity contribution in [3.8, 4) is 0 Å². The number of ether oxygens (including phenoxy) is 1. The van der Waals surface area contributed by atoms with Crippen LogP contribution in [0, 0.1) is 0 Å². The fourth-order valence-corrected chi connectivity index (χ4v) is 4.01. The first kappa shape index (κ1) is 21.8. The highest BCUT2D eigenvalue weighted by molar-refractivity contribution is 6.35. The number of rotatable bonds is 7. The second-order valence-corrected chi connectivity index (χ2v) is 8.18. The van der Waals surface area contributed by atoms with E-state index in [2.05, 4.69) is 27.7 Å². The molecule has 0 fully saturated rings. The van der Waals surface area contributed by atoms with E-state index in [0.29, 0.717) is 35.4 Å². The average Bonchev–Trinajstić information content (AvgIpc) is 2.96. The lowest BCUT2D eigenvalue weighted by atomic mass is 9.92. The Bertz CT molecular complexity index is 964. The van der Waals surface area contributed by atoms with Gasteiger partial charge in [-0.15, -0.1) is 0 Å². The first-order valence-corrected chi connectivity index (χ1v) is 10.6. The predicted octanol–water partition coefficient (Wildman–Crippen LogP) is 5.23. The van der Waals surface area contributed by atoms with Gasteiger partial charge in [-0.05, 0) is 47.9 Å². The van der Waals surface area contributed by atoms with Gasteiger partial charge in [-0.3, -0.25) is 14.4 Å². The number of fused-ring (bicyclic) bond motifs is 1. The van der Waals surface area contributed by atoms with Crippen LogP contribution in [0.3, 0.4) is 0 Å². The van der Waals surface area contributed by atoms with Gasteiger partial charge >= 0.3 is 5.97 Å². The number of benzene rings is 2. The van der Waals surface area contributed by atoms with Gasteiger partial charge < -0.3 is 4.74 Å². The first-order valence-electron chi connectivity index (χ1n) is 10.6. The largest absolute Gasteiger partial charge is 0.466 e. The highest BCUT2D eigenvalue weighted by atomic mass is 16.5. The number of imide groups is 1. The zero-order valence-corrected chi connectivity index (χ0v) is 18.3. The summed E-state index contributed by atoms with van der Waals surface area (Å²) in [7, 11) is 0. The van der Waals surface area contributed by atoms with E-state index in [1.54, 1.807) is 19.1 Å². The van der Waals surface area contributed by atoms with Crippen molar-refractivity contribution >= 4 is 23.5 Å². The van der Waals surface area contributed by atoms with E-state index < -0.39 is 0 Å². The molecule has 0 saturated carbocycles. The van der Waals surface area contributed by atoms with Crippen molar-refractivity contribution in [1.29, 1.82) is 0 Å². The van der Waals surface area contributed by atoms with E-state index in [-0.39, 0.29) is 36.0 Å². The molecule has 5 nitrogen and oxygen atoms in total. The van der Waals surface area contributed by atoms with Crippen molar-refractivity contribution in [3.05, 3.63) is 64.2 Å². The minimum absolute atomic E-state index is 0.159. The lowest BCUT2D eigenvalue weighted by Gasteiger charge is -2.25. The van der Waals surface area contributed by atoms with Gasteiger partial charge in [-0.2, -0.15) is 0 Å². The Morgan fingerprint density at radius 1 is 0.933 bits per heavy atom. The summed E-state index contributed by atoms with van der Waals surface area (Å²) in [5.41, 5.74) is 4.15. The molecule has 5 heteroatoms. The standard InChI is InChI=1S/C25H29NO4/c1-6-30-21(27)14-13-17-9-7-12-20-22(17)25(29)26(24(20)28)23-18(15(2)3)10-8-11-19(23)16(4)5/h7-12,15-16H,6,13-14H2,1-5H3. The fraction of sp³-hybridized carbons (Fsp3) is 0.400. The lowest BCUT2D eigenvalue weighted by Crippen LogP contribution is -2.32. The Kier molecular flexibility index (Phi) is 6.40. The van der Waals surface area contributed by atoms with Crippen LogP contribution in [0.5, 0.6) is 0 Å². The zero-order chi connectivity index (χ0) is 22.0. The number of aryl methyl sites for hydroxylation is 1. The van der Waals surface area contributed by atoms with Crippen LogP contribution in [-0.2, 0) is 16.0 Å². The van der Waals surface area contributed by atoms with Gasteiger partial charge in [0.2, 0.25) is 0 Å². The van der Waals surface area contributed by atoms with Crippen LogP contribution in [0.2, 0.25) is 0 Å². The Hall–Kier alpha value is -2.95. The van der Waals surface area contributed by atoms with Gasteiger partial charge in [-0.1, -0.05) is 58.0 Å². The molecule has 0 spiro atoms. The fourth-order valence-electron chi connectivity index (χ4n) is 4.01. The molecule has 1 heterocycles. The first-order chi connectivity index (χ1) is 14.3. The quantitative estimate of drug-likeness (QED) is 0.466. The molecule has 1 aliphatic rings. The number of para-hydroxylation sites is 1. The number of esters is 1. The molecule has 0 saturated heterocycles. The van der Waals surface area contributed by atoms with Crippen LogP contribution in [0.15, 0.2) is 36.4 Å². The summed E-state index contributed by atoms with van der Waals surface area (Å²) in [6, 6.07) is 11.2. The van der Waals surface area contributed by atoms with Gasteiger partial charge in [0, 0.05) is 6.42 Å². The summed E-state index contributed by atoms with van der Waals surface area (Å²) in [6.07, 6.45) is 0.531. The second-order valence-electron chi connectivity index (χ2n) is 8.18. The molecule has 2 amide bonds. The zero-order valence-electron chi connectivity index (χ0n) is 18.3. The maximum Gasteiger partial charge on any atom is 0.306 e. The minimum atomic E-state index is -0.315. The second kappa shape index (κ2) is 8.82. The van der Waals surface area contributed by atoms with E-state index >= 15 is 0 Å². The maximum absolute atomic E-state index is 13.5. The molecule has 1 aliphatic heterocycles. The van der Waals surface area contributed by atoms with Gasteiger partial charge in [0.15, 0.2) is 0 Å². The molecule has 0 N–H and O–H groups in total. The van der Waals surface area contributed by atoms with Gasteiger partial charge in [0.25, 0.3) is 11.8 Å². The van der Waals surface area contributed by atoms with E-state index in [4.69, 9.17) is 4.74 Å². The molecular formula is C25H29NO4. The Labute approximate surface area is 178 Å². The summed E-state index contributed by atoms with van der Waals surface area (Å²) in [4.78, 5) is 40.0. The van der Waals surface area contributed by atoms with Crippen LogP contribution in [-0.4, -0.2) is 24.4 Å². The number of hydrogen-bond acceptors (Lipinski definition) is 4. The van der Waals surface area contributed by atoms with Crippen LogP contribution in [0.25, 0.3) is 0 Å². The number of carbonyl (C=O) groups excluding carboxylic acids is 3. The number of hydrogen-bond donors (Lipinski definition) is 0. The molecule has 30 heavy (non-hydrogen) atoms. The number of amides is 2. The molecule has 0 aromatic heterocycles. The molecular weight excluding hydrogens is 378 g/mol. The highest BCUT2D eigenvalue weighted by Crippen LogP contribution is 2.40. The van der Waals surface area contributed by atoms with Crippen molar-refractivity contribution in [1.82, 2.24) is 0 Å². The summed E-state index contributed by atoms with van der Waals surface area (Å²) >= 11 is 0. The molecule has 0 radical (unpaired) electrons. The smallest absolute Gasteiger partial charge is 0.306 e. The summed E-state index contributed by atoms with van der Waals surface area (Å²) in [5.74, 6) is -0.610. The Balaban J connectivity index is 2.07. The minimum Gasteiger partial charge on any atom is -0.466 e. The summed E-state index contributed by atoms with van der Waals surface area (Å²) < 4.78 is 5.00. The van der Waals surface area contributed by atoms with Crippen LogP contribution < -0.4 is 4.90 Å². The third kappa shape index (κ3) is 3.89. The van der Waals surface area contributed by atoms with Crippen molar-refractivity contribution in [3.63, 3.8) is 0 Å². The monoisotopic (exact) mass is 407 g/mol. The number of carbonyl (C=O) groups is 3. The van der Waals surface area contributed by atoms with Crippen molar-refractivity contribution < 1.29 is 19.1 Å². The maximum atomic E-state index is 13.5. The van der Waals surface area contributed by atoms with Crippen molar-refractivity contribution in [2.24, 2.45) is 0 Å². The normalized spacial score (nSPS) is 13.4. The molecule has 0 unspecified atom stereocenters. The lowest BCUT2D eigenvalue weighted by molar-refractivity contribution is -0.143. The molecule has 2 aromatic carbocycles. The van der Waals surface area contributed by atoms with Crippen molar-refractivity contribution in [2.75, 3.05) is 11.5 Å². The topological polar surface area (TPSA) is 63.7 Å². The number of anilines is 1. The summed E-state index contributed by atoms with van der Waals surface area (Å²) in [6.45, 7) is 10.3. The molecule has 0 aliphatic carbocycles. The molecule has 0 bridgehead atoms. The molecule has 0 atom stereocenters. The highest BCUT2D eigenvalue weighted by Gasteiger charge is 2.40. The van der Waals surface area contributed by atoms with E-state index in [9.17, 15) is 14.4 Å². The van der Waals surface area contributed by atoms with Crippen LogP contribution >= 0.6 is 0 Å². The van der Waals surface area contributed by atoms with Crippen LogP contribution in [0.1, 0.15) is 90.3 Å². The van der Waals surface area contributed by atoms with Gasteiger partial charge in [0.1, 0.15) is 0 Å². The molecule has 158 valence electrons. The third-order valence-electron chi connectivity index (χ3n) is 5.47. The number of nitrogens with zero attached hydrogens (tertiary/aromatic N) is 1. The predicted molar refractivity (Wildman–Crippen MR) is 117 cm³/mol. The van der Waals surface area contributed by atoms with Crippen molar-refractivity contribution in [2.45, 2.75) is 59.3 Å². The average molecular weight is 408 g/mol. The van der Waals surface area contributed by atoms with E-state index in [0.717, 1.165) is 11.1 Å². The van der Waals surface area contributed by atoms with Gasteiger partial charge in [-0.25, -0.2) is 4.90 Å². The van der Waals surface area contributed by atoms with E-state index in [1.165, 1.54) is 4.90 Å². The van der Waals surface area contributed by atoms with Crippen LogP contribution in [0.4, 0.5) is 5.69 Å². The van der Waals surface area contributed by atoms with Gasteiger partial charge in [0.05, 0.1) is 23.4 Å². The Morgan fingerprint density at radius 3 is 2.10 bits per heavy atom. The molecule has 2 aromatic rings. The van der Waals surface area contributed by atoms with E-state index in [1.807, 2.05) is 24.3 Å². The third-order valence-corrected chi connectivity index (χ3v) is 5.47. The molecule has 3 rings (SSSR count). The SMILES string of the molecule is CCOC(=O)CCc1cccc2c1C(=O)N(c1c(C(C)C)cccc1C(C)C)C2=O. The Morgan fingerprint density at radius 2 is 1.53 bits per heavy atom. The summed E-state index contributed by atoms with van der Waals surface area (Å²) in [5, 5.41) is 0.